The first-order valence-corrected chi connectivity index (χ1v) is 8.58. The van der Waals surface area contributed by atoms with Crippen LogP contribution in [0.4, 0.5) is 0 Å². The van der Waals surface area contributed by atoms with E-state index in [1.165, 1.54) is 0 Å². The van der Waals surface area contributed by atoms with Crippen molar-refractivity contribution >= 4 is 29.1 Å². The lowest BCUT2D eigenvalue weighted by atomic mass is 9.74. The molecular formula is C17H21Cl2NO2. The van der Waals surface area contributed by atoms with Crippen molar-refractivity contribution in [2.75, 3.05) is 19.8 Å². The molecule has 120 valence electrons. The van der Waals surface area contributed by atoms with E-state index in [9.17, 15) is 4.79 Å². The van der Waals surface area contributed by atoms with Crippen LogP contribution in [0.1, 0.15) is 31.7 Å². The highest BCUT2D eigenvalue weighted by Crippen LogP contribution is 2.41. The topological polar surface area (TPSA) is 38.3 Å². The Labute approximate surface area is 141 Å². The van der Waals surface area contributed by atoms with Crippen LogP contribution in [0, 0.1) is 11.8 Å². The van der Waals surface area contributed by atoms with Crippen LogP contribution in [0.15, 0.2) is 18.2 Å². The Morgan fingerprint density at radius 3 is 2.64 bits per heavy atom. The first-order chi connectivity index (χ1) is 10.5. The summed E-state index contributed by atoms with van der Waals surface area (Å²) < 4.78 is 5.51. The van der Waals surface area contributed by atoms with E-state index in [2.05, 4.69) is 12.2 Å². The molecule has 1 aliphatic carbocycles. The van der Waals surface area contributed by atoms with E-state index < -0.39 is 0 Å². The van der Waals surface area contributed by atoms with Gasteiger partial charge in [-0.05, 0) is 42.9 Å². The van der Waals surface area contributed by atoms with E-state index in [-0.39, 0.29) is 17.2 Å². The zero-order valence-electron chi connectivity index (χ0n) is 12.7. The van der Waals surface area contributed by atoms with E-state index >= 15 is 0 Å². The zero-order chi connectivity index (χ0) is 15.7. The van der Waals surface area contributed by atoms with Crippen LogP contribution in [0.3, 0.4) is 0 Å². The van der Waals surface area contributed by atoms with Crippen molar-refractivity contribution in [3.05, 3.63) is 33.8 Å². The van der Waals surface area contributed by atoms with Crippen LogP contribution >= 0.6 is 23.2 Å². The lowest BCUT2D eigenvalue weighted by Gasteiger charge is -2.38. The molecule has 5 heteroatoms. The normalized spacial score (nSPS) is 26.5. The summed E-state index contributed by atoms with van der Waals surface area (Å²) in [5, 5.41) is 4.44. The average molecular weight is 342 g/mol. The van der Waals surface area contributed by atoms with Gasteiger partial charge in [0.15, 0.2) is 0 Å². The number of halogens is 2. The Morgan fingerprint density at radius 1 is 1.36 bits per heavy atom. The van der Waals surface area contributed by atoms with Crippen molar-refractivity contribution in [3.8, 4) is 0 Å². The zero-order valence-corrected chi connectivity index (χ0v) is 14.2. The molecule has 1 saturated carbocycles. The maximum Gasteiger partial charge on any atom is 0.223 e. The molecule has 1 aromatic rings. The van der Waals surface area contributed by atoms with E-state index in [4.69, 9.17) is 27.9 Å². The van der Waals surface area contributed by atoms with Crippen molar-refractivity contribution in [1.82, 2.24) is 5.32 Å². The number of hydrogen-bond acceptors (Lipinski definition) is 2. The Balaban J connectivity index is 1.79. The predicted molar refractivity (Wildman–Crippen MR) is 88.5 cm³/mol. The molecule has 2 fully saturated rings. The van der Waals surface area contributed by atoms with Crippen LogP contribution in [-0.4, -0.2) is 25.7 Å². The number of hydrogen-bond donors (Lipinski definition) is 1. The largest absolute Gasteiger partial charge is 0.381 e. The highest BCUT2D eigenvalue weighted by Gasteiger charge is 2.41. The van der Waals surface area contributed by atoms with Crippen molar-refractivity contribution in [2.45, 2.75) is 31.6 Å². The SMILES string of the molecule is C[C@@H]1C[C@@H]1C(=O)NCC1(c2ccc(Cl)cc2Cl)CCOCC1. The maximum atomic E-state index is 12.2. The van der Waals surface area contributed by atoms with Gasteiger partial charge in [0.25, 0.3) is 0 Å². The van der Waals surface area contributed by atoms with Crippen LogP contribution in [-0.2, 0) is 14.9 Å². The molecule has 1 heterocycles. The van der Waals surface area contributed by atoms with Gasteiger partial charge in [-0.3, -0.25) is 4.79 Å². The minimum atomic E-state index is -0.159. The number of carbonyl (C=O) groups excluding carboxylic acids is 1. The van der Waals surface area contributed by atoms with Crippen molar-refractivity contribution in [2.24, 2.45) is 11.8 Å². The number of ether oxygens (including phenoxy) is 1. The first kappa shape index (κ1) is 16.1. The minimum Gasteiger partial charge on any atom is -0.381 e. The summed E-state index contributed by atoms with van der Waals surface area (Å²) in [7, 11) is 0. The fourth-order valence-corrected chi connectivity index (χ4v) is 3.91. The molecule has 2 aliphatic rings. The highest BCUT2D eigenvalue weighted by atomic mass is 35.5. The second-order valence-corrected chi connectivity index (χ2v) is 7.40. The quantitative estimate of drug-likeness (QED) is 0.904. The van der Waals surface area contributed by atoms with E-state index in [0.29, 0.717) is 35.7 Å². The molecule has 0 radical (unpaired) electrons. The van der Waals surface area contributed by atoms with Crippen LogP contribution in [0.5, 0.6) is 0 Å². The third kappa shape index (κ3) is 3.27. The lowest BCUT2D eigenvalue weighted by molar-refractivity contribution is -0.123. The second-order valence-electron chi connectivity index (χ2n) is 6.55. The molecule has 3 rings (SSSR count). The number of carbonyl (C=O) groups is 1. The Kier molecular flexibility index (Phi) is 4.67. The standard InChI is InChI=1S/C17H21Cl2NO2/c1-11-8-13(11)16(21)20-10-17(4-6-22-7-5-17)14-3-2-12(18)9-15(14)19/h2-3,9,11,13H,4-8,10H2,1H3,(H,20,21)/t11-,13+/m1/s1. The summed E-state index contributed by atoms with van der Waals surface area (Å²) in [6, 6.07) is 5.63. The number of nitrogens with one attached hydrogen (secondary N) is 1. The molecule has 2 atom stereocenters. The molecule has 1 aliphatic heterocycles. The van der Waals surface area contributed by atoms with Gasteiger partial charge in [-0.25, -0.2) is 0 Å². The summed E-state index contributed by atoms with van der Waals surface area (Å²) >= 11 is 12.4. The summed E-state index contributed by atoms with van der Waals surface area (Å²) in [6.07, 6.45) is 2.72. The molecule has 0 bridgehead atoms. The fraction of sp³-hybridized carbons (Fsp3) is 0.588. The van der Waals surface area contributed by atoms with Crippen LogP contribution < -0.4 is 5.32 Å². The predicted octanol–water partition coefficient (Wildman–Crippen LogP) is 3.81. The van der Waals surface area contributed by atoms with Crippen molar-refractivity contribution in [3.63, 3.8) is 0 Å². The Bertz CT molecular complexity index is 570. The molecule has 3 nitrogen and oxygen atoms in total. The van der Waals surface area contributed by atoms with Gasteiger partial charge in [-0.2, -0.15) is 0 Å². The van der Waals surface area contributed by atoms with Gasteiger partial charge < -0.3 is 10.1 Å². The van der Waals surface area contributed by atoms with E-state index in [1.54, 1.807) is 6.07 Å². The van der Waals surface area contributed by atoms with Gasteiger partial charge in [-0.15, -0.1) is 0 Å². The Morgan fingerprint density at radius 2 is 2.05 bits per heavy atom. The number of amides is 1. The summed E-state index contributed by atoms with van der Waals surface area (Å²) in [5.74, 6) is 0.880. The monoisotopic (exact) mass is 341 g/mol. The Hall–Kier alpha value is -0.770. The molecule has 1 saturated heterocycles. The molecule has 1 N–H and O–H groups in total. The molecule has 0 aromatic heterocycles. The number of rotatable bonds is 4. The molecule has 0 spiro atoms. The third-order valence-corrected chi connectivity index (χ3v) is 5.55. The molecule has 1 aromatic carbocycles. The van der Waals surface area contributed by atoms with E-state index in [1.807, 2.05) is 12.1 Å². The van der Waals surface area contributed by atoms with Gasteiger partial charge in [-0.1, -0.05) is 36.2 Å². The fourth-order valence-electron chi connectivity index (χ4n) is 3.30. The smallest absolute Gasteiger partial charge is 0.223 e. The van der Waals surface area contributed by atoms with Crippen LogP contribution in [0.2, 0.25) is 10.0 Å². The van der Waals surface area contributed by atoms with E-state index in [0.717, 1.165) is 24.8 Å². The highest BCUT2D eigenvalue weighted by molar-refractivity contribution is 6.35. The average Bonchev–Trinajstić information content (AvgIpc) is 3.23. The van der Waals surface area contributed by atoms with Crippen molar-refractivity contribution in [1.29, 1.82) is 0 Å². The summed E-state index contributed by atoms with van der Waals surface area (Å²) in [5.41, 5.74) is 0.902. The van der Waals surface area contributed by atoms with Gasteiger partial charge in [0.05, 0.1) is 0 Å². The second kappa shape index (κ2) is 6.38. The maximum absolute atomic E-state index is 12.2. The third-order valence-electron chi connectivity index (χ3n) is 5.00. The molecule has 0 unspecified atom stereocenters. The van der Waals surface area contributed by atoms with Crippen molar-refractivity contribution < 1.29 is 9.53 Å². The van der Waals surface area contributed by atoms with Gasteiger partial charge in [0, 0.05) is 41.1 Å². The lowest BCUT2D eigenvalue weighted by Crippen LogP contribution is -2.45. The van der Waals surface area contributed by atoms with Gasteiger partial charge in [0.2, 0.25) is 5.91 Å². The van der Waals surface area contributed by atoms with Gasteiger partial charge >= 0.3 is 0 Å². The molecule has 1 amide bonds. The summed E-state index contributed by atoms with van der Waals surface area (Å²) in [6.45, 7) is 4.10. The summed E-state index contributed by atoms with van der Waals surface area (Å²) in [4.78, 5) is 12.2. The molecule has 22 heavy (non-hydrogen) atoms. The van der Waals surface area contributed by atoms with Crippen LogP contribution in [0.25, 0.3) is 0 Å². The number of benzene rings is 1. The first-order valence-electron chi connectivity index (χ1n) is 7.83. The minimum absolute atomic E-state index is 0.159. The molecular weight excluding hydrogens is 321 g/mol. The van der Waals surface area contributed by atoms with Gasteiger partial charge in [0.1, 0.15) is 0 Å².